The molecule has 1 unspecified atom stereocenters. The van der Waals surface area contributed by atoms with Gasteiger partial charge >= 0.3 is 0 Å². The minimum atomic E-state index is 0.0547. The van der Waals surface area contributed by atoms with Crippen molar-refractivity contribution in [2.75, 3.05) is 5.32 Å². The number of benzene rings is 2. The van der Waals surface area contributed by atoms with Gasteiger partial charge in [-0.3, -0.25) is 4.79 Å². The Bertz CT molecular complexity index is 671. The molecule has 3 rings (SSSR count). The molecule has 2 nitrogen and oxygen atoms in total. The summed E-state index contributed by atoms with van der Waals surface area (Å²) in [5, 5.41) is 3.65. The molecule has 0 saturated heterocycles. The van der Waals surface area contributed by atoms with Gasteiger partial charge in [0.05, 0.1) is 4.83 Å². The van der Waals surface area contributed by atoms with Crippen LogP contribution in [0, 0.1) is 0 Å². The highest BCUT2D eigenvalue weighted by Crippen LogP contribution is 2.37. The number of carbonyl (C=O) groups is 1. The van der Waals surface area contributed by atoms with E-state index in [4.69, 9.17) is 11.6 Å². The van der Waals surface area contributed by atoms with Gasteiger partial charge in [0.25, 0.3) is 0 Å². The van der Waals surface area contributed by atoms with E-state index in [1.807, 2.05) is 36.4 Å². The third kappa shape index (κ3) is 2.60. The van der Waals surface area contributed by atoms with Crippen LogP contribution in [-0.2, 0) is 11.2 Å². The number of hydrogen-bond donors (Lipinski definition) is 1. The van der Waals surface area contributed by atoms with Gasteiger partial charge in [0.15, 0.2) is 0 Å². The Kier molecular flexibility index (Phi) is 3.81. The fourth-order valence-electron chi connectivity index (χ4n) is 2.42. The molecule has 1 aliphatic rings. The van der Waals surface area contributed by atoms with Gasteiger partial charge in [-0.05, 0) is 35.2 Å². The van der Waals surface area contributed by atoms with Crippen molar-refractivity contribution in [3.8, 4) is 0 Å². The van der Waals surface area contributed by atoms with Crippen LogP contribution in [0.2, 0.25) is 5.02 Å². The molecule has 1 aliphatic heterocycles. The number of hydrogen-bond acceptors (Lipinski definition) is 1. The summed E-state index contributed by atoms with van der Waals surface area (Å²) in [7, 11) is 0. The van der Waals surface area contributed by atoms with Crippen LogP contribution in [0.4, 0.5) is 5.69 Å². The third-order valence-corrected chi connectivity index (χ3v) is 4.86. The molecule has 1 heterocycles. The van der Waals surface area contributed by atoms with Gasteiger partial charge in [-0.1, -0.05) is 57.9 Å². The quantitative estimate of drug-likeness (QED) is 0.781. The Balaban J connectivity index is 1.95. The summed E-state index contributed by atoms with van der Waals surface area (Å²) < 4.78 is 0. The molecule has 0 saturated carbocycles. The van der Waals surface area contributed by atoms with Gasteiger partial charge in [0.2, 0.25) is 5.91 Å². The van der Waals surface area contributed by atoms with Crippen molar-refractivity contribution in [2.24, 2.45) is 0 Å². The fraction of sp³-hybridized carbons (Fsp3) is 0.188. The molecular formula is C16H13BrClNO. The number of rotatable bonds is 2. The lowest BCUT2D eigenvalue weighted by Crippen LogP contribution is -2.19. The second kappa shape index (κ2) is 5.58. The SMILES string of the molecule is O=C1CCc2cc(C(Br)c3ccccc3Cl)ccc2N1. The molecule has 1 N–H and O–H groups in total. The van der Waals surface area contributed by atoms with Crippen LogP contribution in [0.15, 0.2) is 42.5 Å². The molecule has 20 heavy (non-hydrogen) atoms. The predicted octanol–water partition coefficient (Wildman–Crippen LogP) is 4.71. The lowest BCUT2D eigenvalue weighted by Gasteiger charge is -2.19. The Morgan fingerprint density at radius 2 is 1.95 bits per heavy atom. The van der Waals surface area contributed by atoms with Gasteiger partial charge in [-0.15, -0.1) is 0 Å². The monoisotopic (exact) mass is 349 g/mol. The lowest BCUT2D eigenvalue weighted by molar-refractivity contribution is -0.116. The van der Waals surface area contributed by atoms with Crippen molar-refractivity contribution in [1.29, 1.82) is 0 Å². The minimum absolute atomic E-state index is 0.0547. The van der Waals surface area contributed by atoms with Gasteiger partial charge in [0, 0.05) is 17.1 Å². The zero-order valence-electron chi connectivity index (χ0n) is 10.7. The van der Waals surface area contributed by atoms with Gasteiger partial charge in [0.1, 0.15) is 0 Å². The smallest absolute Gasteiger partial charge is 0.224 e. The van der Waals surface area contributed by atoms with Crippen molar-refractivity contribution in [2.45, 2.75) is 17.7 Å². The number of halogens is 2. The largest absolute Gasteiger partial charge is 0.326 e. The minimum Gasteiger partial charge on any atom is -0.326 e. The zero-order chi connectivity index (χ0) is 14.1. The molecule has 4 heteroatoms. The van der Waals surface area contributed by atoms with Crippen LogP contribution >= 0.6 is 27.5 Å². The molecule has 102 valence electrons. The molecule has 2 aromatic carbocycles. The summed E-state index contributed by atoms with van der Waals surface area (Å²) in [6, 6.07) is 13.9. The number of fused-ring (bicyclic) bond motifs is 1. The van der Waals surface area contributed by atoms with Crippen LogP contribution in [0.25, 0.3) is 0 Å². The summed E-state index contributed by atoms with van der Waals surface area (Å²) in [5.41, 5.74) is 4.30. The second-order valence-corrected chi connectivity index (χ2v) is 6.17. The molecule has 0 aromatic heterocycles. The van der Waals surface area contributed by atoms with E-state index in [2.05, 4.69) is 27.3 Å². The maximum Gasteiger partial charge on any atom is 0.224 e. The average molecular weight is 351 g/mol. The van der Waals surface area contributed by atoms with E-state index in [1.165, 1.54) is 5.56 Å². The van der Waals surface area contributed by atoms with Gasteiger partial charge in [-0.2, -0.15) is 0 Å². The van der Waals surface area contributed by atoms with Crippen molar-refractivity contribution >= 4 is 39.1 Å². The summed E-state index contributed by atoms with van der Waals surface area (Å²) in [6.45, 7) is 0. The van der Waals surface area contributed by atoms with Crippen LogP contribution in [0.5, 0.6) is 0 Å². The summed E-state index contributed by atoms with van der Waals surface area (Å²) in [4.78, 5) is 11.4. The topological polar surface area (TPSA) is 29.1 Å². The highest BCUT2D eigenvalue weighted by molar-refractivity contribution is 9.09. The first-order valence-corrected chi connectivity index (χ1v) is 7.75. The van der Waals surface area contributed by atoms with Crippen molar-refractivity contribution in [3.05, 3.63) is 64.2 Å². The van der Waals surface area contributed by atoms with Crippen LogP contribution in [-0.4, -0.2) is 5.91 Å². The Labute approximate surface area is 131 Å². The average Bonchev–Trinajstić information content (AvgIpc) is 2.46. The highest BCUT2D eigenvalue weighted by atomic mass is 79.9. The molecule has 2 aromatic rings. The first-order valence-electron chi connectivity index (χ1n) is 6.46. The number of aryl methyl sites for hydroxylation is 1. The standard InChI is InChI=1S/C16H13BrClNO/c17-16(12-3-1-2-4-13(12)18)11-5-7-14-10(9-11)6-8-15(20)19-14/h1-5,7,9,16H,6,8H2,(H,19,20). The normalized spacial score (nSPS) is 15.4. The van der Waals surface area contributed by atoms with Crippen LogP contribution < -0.4 is 5.32 Å². The van der Waals surface area contributed by atoms with Crippen LogP contribution in [0.1, 0.15) is 27.9 Å². The Morgan fingerprint density at radius 1 is 1.15 bits per heavy atom. The van der Waals surface area contributed by atoms with Crippen molar-refractivity contribution < 1.29 is 4.79 Å². The molecule has 0 bridgehead atoms. The first kappa shape index (κ1) is 13.7. The summed E-state index contributed by atoms with van der Waals surface area (Å²) >= 11 is 9.96. The van der Waals surface area contributed by atoms with Crippen LogP contribution in [0.3, 0.4) is 0 Å². The van der Waals surface area contributed by atoms with E-state index >= 15 is 0 Å². The van der Waals surface area contributed by atoms with E-state index in [9.17, 15) is 4.79 Å². The predicted molar refractivity (Wildman–Crippen MR) is 85.6 cm³/mol. The number of alkyl halides is 1. The first-order chi connectivity index (χ1) is 9.65. The highest BCUT2D eigenvalue weighted by Gasteiger charge is 2.18. The number of anilines is 1. The number of nitrogens with one attached hydrogen (secondary N) is 1. The molecule has 1 amide bonds. The van der Waals surface area contributed by atoms with Gasteiger partial charge in [-0.25, -0.2) is 0 Å². The maximum absolute atomic E-state index is 11.4. The van der Waals surface area contributed by atoms with E-state index in [0.29, 0.717) is 6.42 Å². The third-order valence-electron chi connectivity index (χ3n) is 3.50. The maximum atomic E-state index is 11.4. The van der Waals surface area contributed by atoms with E-state index in [1.54, 1.807) is 0 Å². The van der Waals surface area contributed by atoms with E-state index < -0.39 is 0 Å². The van der Waals surface area contributed by atoms with E-state index in [0.717, 1.165) is 28.3 Å². The molecule has 0 fully saturated rings. The van der Waals surface area contributed by atoms with Crippen molar-refractivity contribution in [1.82, 2.24) is 0 Å². The molecule has 1 atom stereocenters. The second-order valence-electron chi connectivity index (χ2n) is 4.85. The van der Waals surface area contributed by atoms with Gasteiger partial charge < -0.3 is 5.32 Å². The molecule has 0 aliphatic carbocycles. The fourth-order valence-corrected chi connectivity index (χ4v) is 3.48. The Morgan fingerprint density at radius 3 is 2.75 bits per heavy atom. The van der Waals surface area contributed by atoms with Crippen molar-refractivity contribution in [3.63, 3.8) is 0 Å². The van der Waals surface area contributed by atoms with E-state index in [-0.39, 0.29) is 10.7 Å². The summed E-state index contributed by atoms with van der Waals surface area (Å²) in [6.07, 6.45) is 1.34. The molecular weight excluding hydrogens is 338 g/mol. The number of carbonyl (C=O) groups excluding carboxylic acids is 1. The zero-order valence-corrected chi connectivity index (χ0v) is 13.0. The number of amides is 1. The Hall–Kier alpha value is -1.32. The molecule has 0 radical (unpaired) electrons. The lowest BCUT2D eigenvalue weighted by atomic mass is 9.97. The summed E-state index contributed by atoms with van der Waals surface area (Å²) in [5.74, 6) is 0.0896. The molecule has 0 spiro atoms.